The summed E-state index contributed by atoms with van der Waals surface area (Å²) >= 11 is 6.04. The molecule has 0 N–H and O–H groups in total. The highest BCUT2D eigenvalue weighted by Crippen LogP contribution is 2.37. The summed E-state index contributed by atoms with van der Waals surface area (Å²) in [7, 11) is 5.20. The zero-order valence-corrected chi connectivity index (χ0v) is 25.4. The van der Waals surface area contributed by atoms with Crippen molar-refractivity contribution in [3.63, 3.8) is 0 Å². The molecule has 1 aromatic heterocycles. The molecule has 1 saturated heterocycles. The van der Waals surface area contributed by atoms with E-state index in [1.54, 1.807) is 39.9 Å². The van der Waals surface area contributed by atoms with E-state index in [1.807, 2.05) is 0 Å². The first kappa shape index (κ1) is 31.3. The molecular formula is C29H37ClFN5O6. The third-order valence-corrected chi connectivity index (χ3v) is 7.89. The molecule has 0 spiro atoms. The maximum atomic E-state index is 14.3. The van der Waals surface area contributed by atoms with E-state index in [4.69, 9.17) is 21.1 Å². The van der Waals surface area contributed by atoms with Crippen molar-refractivity contribution in [1.82, 2.24) is 14.1 Å². The molecule has 1 aliphatic heterocycles. The number of ether oxygens (including phenoxy) is 2. The first-order valence-electron chi connectivity index (χ1n) is 14.2. The van der Waals surface area contributed by atoms with E-state index in [1.165, 1.54) is 21.6 Å². The van der Waals surface area contributed by atoms with Crippen molar-refractivity contribution in [2.24, 2.45) is 7.05 Å². The Labute approximate surface area is 248 Å². The lowest BCUT2D eigenvalue weighted by atomic mass is 9.95. The van der Waals surface area contributed by atoms with Gasteiger partial charge in [-0.25, -0.2) is 28.2 Å². The molecule has 42 heavy (non-hydrogen) atoms. The Kier molecular flexibility index (Phi) is 9.75. The smallest absolute Gasteiger partial charge is 0.427 e. The molecule has 1 aromatic carbocycles. The highest BCUT2D eigenvalue weighted by Gasteiger charge is 2.40. The van der Waals surface area contributed by atoms with Crippen LogP contribution >= 0.6 is 11.6 Å². The van der Waals surface area contributed by atoms with E-state index in [-0.39, 0.29) is 40.1 Å². The van der Waals surface area contributed by atoms with Crippen LogP contribution in [-0.2, 0) is 16.6 Å². The fraction of sp³-hybridized carbons (Fsp3) is 0.552. The van der Waals surface area contributed by atoms with Crippen LogP contribution in [0.4, 0.5) is 20.8 Å². The van der Waals surface area contributed by atoms with Gasteiger partial charge >= 0.3 is 23.4 Å². The van der Waals surface area contributed by atoms with E-state index in [0.717, 1.165) is 57.4 Å². The van der Waals surface area contributed by atoms with Crippen molar-refractivity contribution < 1.29 is 23.5 Å². The summed E-state index contributed by atoms with van der Waals surface area (Å²) in [6.07, 6.45) is 8.15. The van der Waals surface area contributed by atoms with Gasteiger partial charge in [-0.2, -0.15) is 4.98 Å². The molecule has 2 amide bonds. The largest absolute Gasteiger partial charge is 0.489 e. The van der Waals surface area contributed by atoms with E-state index in [0.29, 0.717) is 16.4 Å². The number of hydrogen-bond acceptors (Lipinski definition) is 8. The fourth-order valence-corrected chi connectivity index (χ4v) is 5.64. The van der Waals surface area contributed by atoms with Crippen LogP contribution in [0.2, 0.25) is 5.02 Å². The third kappa shape index (κ3) is 6.53. The molecule has 0 unspecified atom stereocenters. The highest BCUT2D eigenvalue weighted by atomic mass is 35.5. The molecule has 11 nitrogen and oxygen atoms in total. The lowest BCUT2D eigenvalue weighted by molar-refractivity contribution is -0.114. The number of hydrogen-bond donors (Lipinski definition) is 0. The number of nitrogens with zero attached hydrogens (tertiary/aromatic N) is 5. The van der Waals surface area contributed by atoms with Crippen LogP contribution in [-0.4, -0.2) is 46.3 Å². The van der Waals surface area contributed by atoms with E-state index in [9.17, 15) is 23.6 Å². The molecule has 5 rings (SSSR count). The van der Waals surface area contributed by atoms with Gasteiger partial charge in [0.2, 0.25) is 5.95 Å². The van der Waals surface area contributed by atoms with E-state index in [2.05, 4.69) is 4.98 Å². The van der Waals surface area contributed by atoms with Gasteiger partial charge in [0.05, 0.1) is 16.8 Å². The average molecular weight is 606 g/mol. The van der Waals surface area contributed by atoms with Crippen LogP contribution in [0.15, 0.2) is 33.1 Å². The van der Waals surface area contributed by atoms with Gasteiger partial charge in [-0.1, -0.05) is 30.9 Å². The van der Waals surface area contributed by atoms with Gasteiger partial charge in [0.15, 0.2) is 5.76 Å². The summed E-state index contributed by atoms with van der Waals surface area (Å²) in [6, 6.07) is 2.35. The minimum absolute atomic E-state index is 0.00962. The number of amides is 2. The number of imide groups is 1. The number of rotatable bonds is 5. The lowest BCUT2D eigenvalue weighted by Crippen LogP contribution is -2.45. The van der Waals surface area contributed by atoms with Crippen LogP contribution in [0.5, 0.6) is 5.75 Å². The molecule has 2 heterocycles. The SMILES string of the molecule is CC(C)=C1OC(=O)N(c2cc(OC3CCCC3)c(Cl)cc2F)C1=O.CN(C)c1nc(=O)n(C2CCCCC2)c(=O)n1C. The minimum atomic E-state index is -0.941. The summed E-state index contributed by atoms with van der Waals surface area (Å²) in [5, 5.41) is 0.102. The number of carbonyl (C=O) groups excluding carboxylic acids is 2. The average Bonchev–Trinajstić information content (AvgIpc) is 3.56. The maximum absolute atomic E-state index is 14.3. The second kappa shape index (κ2) is 13.1. The quantitative estimate of drug-likeness (QED) is 0.433. The number of aromatic nitrogens is 3. The fourth-order valence-electron chi connectivity index (χ4n) is 5.45. The summed E-state index contributed by atoms with van der Waals surface area (Å²) in [4.78, 5) is 55.0. The molecule has 228 valence electrons. The zero-order chi connectivity index (χ0) is 30.7. The molecule has 0 bridgehead atoms. The van der Waals surface area contributed by atoms with Crippen LogP contribution in [0.3, 0.4) is 0 Å². The predicted octanol–water partition coefficient (Wildman–Crippen LogP) is 5.09. The Morgan fingerprint density at radius 1 is 1.02 bits per heavy atom. The number of carbonyl (C=O) groups is 2. The van der Waals surface area contributed by atoms with Crippen LogP contribution in [0, 0.1) is 5.82 Å². The standard InChI is InChI=1S/C17H17ClFNO4.C12H20N4O2/c1-9(2)15-16(21)20(17(22)24-15)13-8-14(11(18)7-12(13)19)23-10-5-3-4-6-10;1-14(2)10-13-11(17)16(12(18)15(10)3)9-7-5-4-6-8-9/h7-8,10H,3-6H2,1-2H3;9H,4-8H2,1-3H3. The van der Waals surface area contributed by atoms with Crippen LogP contribution in [0.25, 0.3) is 0 Å². The second-order valence-corrected chi connectivity index (χ2v) is 11.6. The third-order valence-electron chi connectivity index (χ3n) is 7.60. The molecular weight excluding hydrogens is 569 g/mol. The van der Waals surface area contributed by atoms with Crippen molar-refractivity contribution >= 4 is 35.2 Å². The second-order valence-electron chi connectivity index (χ2n) is 11.2. The topological polar surface area (TPSA) is 116 Å². The number of halogens is 2. The molecule has 3 aliphatic rings. The van der Waals surface area contributed by atoms with Gasteiger partial charge in [-0.15, -0.1) is 0 Å². The molecule has 0 atom stereocenters. The van der Waals surface area contributed by atoms with Crippen LogP contribution < -0.4 is 25.9 Å². The molecule has 2 saturated carbocycles. The van der Waals surface area contributed by atoms with Gasteiger partial charge in [0.25, 0.3) is 0 Å². The van der Waals surface area contributed by atoms with Gasteiger partial charge < -0.3 is 14.4 Å². The summed E-state index contributed by atoms with van der Waals surface area (Å²) in [6.45, 7) is 3.27. The van der Waals surface area contributed by atoms with E-state index >= 15 is 0 Å². The number of allylic oxidation sites excluding steroid dienone is 1. The monoisotopic (exact) mass is 605 g/mol. The van der Waals surface area contributed by atoms with Gasteiger partial charge in [0.1, 0.15) is 11.6 Å². The predicted molar refractivity (Wildman–Crippen MR) is 157 cm³/mol. The summed E-state index contributed by atoms with van der Waals surface area (Å²) < 4.78 is 27.8. The van der Waals surface area contributed by atoms with Crippen molar-refractivity contribution in [3.05, 3.63) is 55.3 Å². The van der Waals surface area contributed by atoms with Crippen LogP contribution in [0.1, 0.15) is 77.7 Å². The Morgan fingerprint density at radius 2 is 1.64 bits per heavy atom. The van der Waals surface area contributed by atoms with Gasteiger partial charge in [0, 0.05) is 33.3 Å². The number of cyclic esters (lactones) is 1. The minimum Gasteiger partial charge on any atom is -0.489 e. The van der Waals surface area contributed by atoms with Gasteiger partial charge in [-0.3, -0.25) is 9.36 Å². The molecule has 13 heteroatoms. The Hall–Kier alpha value is -3.67. The zero-order valence-electron chi connectivity index (χ0n) is 24.6. The Morgan fingerprint density at radius 3 is 2.21 bits per heavy atom. The highest BCUT2D eigenvalue weighted by molar-refractivity contribution is 6.32. The molecule has 3 fully saturated rings. The van der Waals surface area contributed by atoms with Gasteiger partial charge in [-0.05, 0) is 64.0 Å². The van der Waals surface area contributed by atoms with Crippen molar-refractivity contribution in [2.75, 3.05) is 23.9 Å². The molecule has 2 aromatic rings. The van der Waals surface area contributed by atoms with Crippen molar-refractivity contribution in [2.45, 2.75) is 83.8 Å². The maximum Gasteiger partial charge on any atom is 0.427 e. The summed E-state index contributed by atoms with van der Waals surface area (Å²) in [5.74, 6) is -0.928. The number of benzene rings is 1. The number of anilines is 2. The van der Waals surface area contributed by atoms with E-state index < -0.39 is 23.5 Å². The first-order valence-corrected chi connectivity index (χ1v) is 14.5. The Balaban J connectivity index is 0.000000201. The van der Waals surface area contributed by atoms with Crippen molar-refractivity contribution in [3.8, 4) is 5.75 Å². The van der Waals surface area contributed by atoms with Crippen molar-refractivity contribution in [1.29, 1.82) is 0 Å². The molecule has 2 aliphatic carbocycles. The molecule has 0 radical (unpaired) electrons. The summed E-state index contributed by atoms with van der Waals surface area (Å²) in [5.41, 5.74) is -0.370. The Bertz CT molecular complexity index is 1500. The lowest BCUT2D eigenvalue weighted by Gasteiger charge is -2.24. The normalized spacial score (nSPS) is 17.7. The first-order chi connectivity index (χ1) is 19.9.